The molecule has 0 fully saturated rings. The number of carbonyl (C=O) groups excluding carboxylic acids is 1. The van der Waals surface area contributed by atoms with Crippen LogP contribution in [0.2, 0.25) is 0 Å². The van der Waals surface area contributed by atoms with Crippen molar-refractivity contribution in [3.8, 4) is 0 Å². The molecule has 6 heteroatoms. The Labute approximate surface area is 208 Å². The van der Waals surface area contributed by atoms with E-state index in [1.54, 1.807) is 0 Å². The maximum absolute atomic E-state index is 13.0. The summed E-state index contributed by atoms with van der Waals surface area (Å²) in [4.78, 5) is 17.1. The number of ether oxygens (including phenoxy) is 1. The molecule has 0 heterocycles. The third kappa shape index (κ3) is 6.28. The van der Waals surface area contributed by atoms with Crippen LogP contribution in [-0.2, 0) is 15.1 Å². The number of carbonyl (C=O) groups is 1. The van der Waals surface area contributed by atoms with Gasteiger partial charge >= 0.3 is 5.97 Å². The second kappa shape index (κ2) is 11.7. The first-order valence-corrected chi connectivity index (χ1v) is 11.9. The van der Waals surface area contributed by atoms with Crippen molar-refractivity contribution in [2.75, 3.05) is 13.7 Å². The van der Waals surface area contributed by atoms with Gasteiger partial charge in [-0.15, -0.1) is 0 Å². The number of aryl methyl sites for hydroxylation is 3. The van der Waals surface area contributed by atoms with Gasteiger partial charge in [0.2, 0.25) is 0 Å². The minimum Gasteiger partial charge on any atom is -0.468 e. The number of rotatable bonds is 10. The van der Waals surface area contributed by atoms with Crippen LogP contribution < -0.4 is 16.8 Å². The molecule has 0 aliphatic rings. The highest BCUT2D eigenvalue weighted by molar-refractivity contribution is 5.76. The lowest BCUT2D eigenvalue weighted by Gasteiger charge is -2.39. The lowest BCUT2D eigenvalue weighted by atomic mass is 9.75. The Morgan fingerprint density at radius 2 is 1.23 bits per heavy atom. The zero-order valence-corrected chi connectivity index (χ0v) is 21.0. The molecule has 3 aromatic rings. The molecular weight excluding hydrogens is 436 g/mol. The number of nitrogens with two attached hydrogens (primary N) is 2. The van der Waals surface area contributed by atoms with Gasteiger partial charge in [-0.05, 0) is 50.3 Å². The van der Waals surface area contributed by atoms with E-state index in [0.717, 1.165) is 33.4 Å². The molecule has 1 unspecified atom stereocenters. The van der Waals surface area contributed by atoms with Crippen LogP contribution in [0.5, 0.6) is 0 Å². The summed E-state index contributed by atoms with van der Waals surface area (Å²) < 4.78 is 5.21. The number of nitrogens with zero attached hydrogens (tertiary/aromatic N) is 1. The number of guanidine groups is 1. The fraction of sp³-hybridized carbons (Fsp3) is 0.310. The van der Waals surface area contributed by atoms with E-state index in [1.165, 1.54) is 7.11 Å². The molecule has 0 spiro atoms. The van der Waals surface area contributed by atoms with Gasteiger partial charge in [-0.3, -0.25) is 15.1 Å². The number of hydrogen-bond acceptors (Lipinski definition) is 4. The molecule has 0 aliphatic heterocycles. The van der Waals surface area contributed by atoms with Crippen molar-refractivity contribution in [2.24, 2.45) is 16.5 Å². The Kier molecular flexibility index (Phi) is 8.66. The summed E-state index contributed by atoms with van der Waals surface area (Å²) in [5, 5.41) is 3.73. The summed E-state index contributed by atoms with van der Waals surface area (Å²) in [5.74, 6) is -0.286. The van der Waals surface area contributed by atoms with Crippen LogP contribution in [0.15, 0.2) is 77.8 Å². The molecule has 184 valence electrons. The van der Waals surface area contributed by atoms with Gasteiger partial charge in [0.05, 0.1) is 12.6 Å². The van der Waals surface area contributed by atoms with Crippen molar-refractivity contribution in [1.29, 1.82) is 0 Å². The third-order valence-electron chi connectivity index (χ3n) is 6.28. The Balaban J connectivity index is 2.19. The maximum atomic E-state index is 13.0. The van der Waals surface area contributed by atoms with Gasteiger partial charge in [-0.2, -0.15) is 0 Å². The van der Waals surface area contributed by atoms with Crippen LogP contribution in [0.25, 0.3) is 0 Å². The predicted octanol–water partition coefficient (Wildman–Crippen LogP) is 4.09. The summed E-state index contributed by atoms with van der Waals surface area (Å²) in [6, 6.07) is 24.7. The first-order valence-electron chi connectivity index (χ1n) is 11.9. The molecule has 1 atom stereocenters. The smallest absolute Gasteiger partial charge is 0.322 e. The monoisotopic (exact) mass is 472 g/mol. The molecule has 0 saturated heterocycles. The lowest BCUT2D eigenvalue weighted by Crippen LogP contribution is -2.53. The van der Waals surface area contributed by atoms with E-state index in [-0.39, 0.29) is 11.9 Å². The molecule has 0 saturated carbocycles. The zero-order chi connectivity index (χ0) is 25.4. The highest BCUT2D eigenvalue weighted by atomic mass is 16.5. The molecule has 5 N–H and O–H groups in total. The minimum absolute atomic E-state index is 0.0425. The fourth-order valence-corrected chi connectivity index (χ4v) is 4.32. The normalized spacial score (nSPS) is 12.1. The number of aliphatic imine (C=N–C) groups is 1. The summed E-state index contributed by atoms with van der Waals surface area (Å²) in [6.45, 7) is 6.64. The topological polar surface area (TPSA) is 103 Å². The lowest BCUT2D eigenvalue weighted by molar-refractivity contribution is -0.143. The van der Waals surface area contributed by atoms with Crippen LogP contribution in [0.3, 0.4) is 0 Å². The molecule has 3 aromatic carbocycles. The Hall–Kier alpha value is -3.64. The van der Waals surface area contributed by atoms with Gasteiger partial charge in [-0.25, -0.2) is 0 Å². The zero-order valence-electron chi connectivity index (χ0n) is 21.0. The summed E-state index contributed by atoms with van der Waals surface area (Å²) >= 11 is 0. The second-order valence-electron chi connectivity index (χ2n) is 9.02. The van der Waals surface area contributed by atoms with E-state index in [0.29, 0.717) is 19.4 Å². The second-order valence-corrected chi connectivity index (χ2v) is 9.02. The van der Waals surface area contributed by atoms with Crippen molar-refractivity contribution in [1.82, 2.24) is 5.32 Å². The first-order chi connectivity index (χ1) is 16.8. The Morgan fingerprint density at radius 3 is 1.57 bits per heavy atom. The molecule has 0 aromatic heterocycles. The van der Waals surface area contributed by atoms with Gasteiger partial charge < -0.3 is 16.2 Å². The Morgan fingerprint density at radius 1 is 0.829 bits per heavy atom. The summed E-state index contributed by atoms with van der Waals surface area (Å²) in [5.41, 5.74) is 16.8. The van der Waals surface area contributed by atoms with Crippen molar-refractivity contribution in [2.45, 2.75) is 45.2 Å². The molecule has 0 radical (unpaired) electrons. The quantitative estimate of drug-likeness (QED) is 0.136. The van der Waals surface area contributed by atoms with Crippen molar-refractivity contribution in [3.63, 3.8) is 0 Å². The Bertz CT molecular complexity index is 1020. The van der Waals surface area contributed by atoms with E-state index in [4.69, 9.17) is 16.2 Å². The van der Waals surface area contributed by atoms with Crippen LogP contribution in [-0.4, -0.2) is 31.6 Å². The average molecular weight is 473 g/mol. The number of benzene rings is 3. The number of nitrogens with one attached hydrogen (secondary N) is 1. The highest BCUT2D eigenvalue weighted by Gasteiger charge is 2.40. The standard InChI is InChI=1S/C29H36N4O2/c1-20-7-13-23(14-8-20)29(24-15-9-21(2)10-16-24,25-17-11-22(3)12-18-25)33-26(27(34)35-4)6-5-19-32-28(30)31/h7-18,26,33H,5-6,19H2,1-4H3,(H4,30,31,32). The molecular formula is C29H36N4O2. The molecule has 3 rings (SSSR count). The third-order valence-corrected chi connectivity index (χ3v) is 6.28. The van der Waals surface area contributed by atoms with Crippen molar-refractivity contribution < 1.29 is 9.53 Å². The molecule has 6 nitrogen and oxygen atoms in total. The van der Waals surface area contributed by atoms with Gasteiger partial charge in [-0.1, -0.05) is 89.5 Å². The highest BCUT2D eigenvalue weighted by Crippen LogP contribution is 2.38. The molecule has 0 amide bonds. The van der Waals surface area contributed by atoms with E-state index >= 15 is 0 Å². The fourth-order valence-electron chi connectivity index (χ4n) is 4.32. The number of esters is 1. The van der Waals surface area contributed by atoms with Crippen LogP contribution >= 0.6 is 0 Å². The summed E-state index contributed by atoms with van der Waals surface area (Å²) in [6.07, 6.45) is 1.13. The average Bonchev–Trinajstić information content (AvgIpc) is 2.85. The summed E-state index contributed by atoms with van der Waals surface area (Å²) in [7, 11) is 1.42. The maximum Gasteiger partial charge on any atom is 0.322 e. The largest absolute Gasteiger partial charge is 0.468 e. The van der Waals surface area contributed by atoms with Crippen molar-refractivity contribution >= 4 is 11.9 Å². The molecule has 0 aliphatic carbocycles. The van der Waals surface area contributed by atoms with E-state index in [1.807, 2.05) is 0 Å². The van der Waals surface area contributed by atoms with Gasteiger partial charge in [0.15, 0.2) is 5.96 Å². The molecule has 35 heavy (non-hydrogen) atoms. The van der Waals surface area contributed by atoms with Crippen molar-refractivity contribution in [3.05, 3.63) is 106 Å². The van der Waals surface area contributed by atoms with E-state index in [2.05, 4.69) is 104 Å². The van der Waals surface area contributed by atoms with E-state index < -0.39 is 11.6 Å². The van der Waals surface area contributed by atoms with Crippen LogP contribution in [0.4, 0.5) is 0 Å². The number of methoxy groups -OCH3 is 1. The minimum atomic E-state index is -0.788. The number of hydrogen-bond donors (Lipinski definition) is 3. The van der Waals surface area contributed by atoms with Gasteiger partial charge in [0.1, 0.15) is 6.04 Å². The van der Waals surface area contributed by atoms with Crippen LogP contribution in [0, 0.1) is 20.8 Å². The van der Waals surface area contributed by atoms with E-state index in [9.17, 15) is 4.79 Å². The van der Waals surface area contributed by atoms with Gasteiger partial charge in [0, 0.05) is 6.54 Å². The van der Waals surface area contributed by atoms with Crippen LogP contribution in [0.1, 0.15) is 46.2 Å². The van der Waals surface area contributed by atoms with Gasteiger partial charge in [0.25, 0.3) is 0 Å². The predicted molar refractivity (Wildman–Crippen MR) is 142 cm³/mol. The molecule has 0 bridgehead atoms. The first kappa shape index (κ1) is 26.0. The SMILES string of the molecule is COC(=O)C(CCCN=C(N)N)NC(c1ccc(C)cc1)(c1ccc(C)cc1)c1ccc(C)cc1.